The van der Waals surface area contributed by atoms with Crippen LogP contribution in [0.1, 0.15) is 11.1 Å². The fourth-order valence-corrected chi connectivity index (χ4v) is 1.90. The molecule has 16 heavy (non-hydrogen) atoms. The third kappa shape index (κ3) is 3.95. The first-order valence-electron chi connectivity index (χ1n) is 4.49. The largest absolute Gasteiger partial charge is 0.480 e. The van der Waals surface area contributed by atoms with Crippen molar-refractivity contribution in [3.8, 4) is 0 Å². The number of aliphatic carboxylic acids is 1. The average Bonchev–Trinajstić information content (AvgIpc) is 2.14. The molecule has 0 bridgehead atoms. The highest BCUT2D eigenvalue weighted by Crippen LogP contribution is 2.04. The highest BCUT2D eigenvalue weighted by molar-refractivity contribution is 7.90. The third-order valence-corrected chi connectivity index (χ3v) is 3.14. The zero-order valence-corrected chi connectivity index (χ0v) is 9.49. The first kappa shape index (κ1) is 12.6. The summed E-state index contributed by atoms with van der Waals surface area (Å²) in [6.07, 6.45) is 3.16. The molecule has 6 nitrogen and oxygen atoms in total. The van der Waals surface area contributed by atoms with E-state index in [-0.39, 0.29) is 6.54 Å². The molecule has 0 spiro atoms. The van der Waals surface area contributed by atoms with E-state index in [0.717, 1.165) is 11.1 Å². The lowest BCUT2D eigenvalue weighted by molar-refractivity contribution is -0.134. The summed E-state index contributed by atoms with van der Waals surface area (Å²) in [5, 5.41) is 8.37. The van der Waals surface area contributed by atoms with Gasteiger partial charge in [0.2, 0.25) is 10.0 Å². The van der Waals surface area contributed by atoms with Gasteiger partial charge in [-0.15, -0.1) is 0 Å². The number of aromatic nitrogens is 1. The van der Waals surface area contributed by atoms with Gasteiger partial charge in [0.15, 0.2) is 5.75 Å². The van der Waals surface area contributed by atoms with E-state index in [2.05, 4.69) is 9.71 Å². The number of rotatable bonds is 5. The summed E-state index contributed by atoms with van der Waals surface area (Å²) in [6.45, 7) is 1.87. The zero-order valence-electron chi connectivity index (χ0n) is 8.67. The number of aryl methyl sites for hydroxylation is 1. The van der Waals surface area contributed by atoms with Crippen molar-refractivity contribution in [1.29, 1.82) is 0 Å². The predicted molar refractivity (Wildman–Crippen MR) is 57.2 cm³/mol. The number of carboxylic acid groups (broad SMARTS) is 1. The Kier molecular flexibility index (Phi) is 3.97. The van der Waals surface area contributed by atoms with Crippen LogP contribution in [0.15, 0.2) is 18.5 Å². The molecule has 0 saturated heterocycles. The first-order valence-corrected chi connectivity index (χ1v) is 6.14. The molecule has 0 aliphatic heterocycles. The van der Waals surface area contributed by atoms with Crippen molar-refractivity contribution in [3.05, 3.63) is 29.6 Å². The van der Waals surface area contributed by atoms with Gasteiger partial charge in [-0.1, -0.05) is 0 Å². The van der Waals surface area contributed by atoms with Crippen molar-refractivity contribution in [2.45, 2.75) is 13.5 Å². The van der Waals surface area contributed by atoms with Gasteiger partial charge < -0.3 is 5.11 Å². The molecule has 1 aromatic heterocycles. The number of carboxylic acids is 1. The molecule has 0 aromatic carbocycles. The van der Waals surface area contributed by atoms with Gasteiger partial charge in [0.1, 0.15) is 0 Å². The Hall–Kier alpha value is -1.47. The molecule has 0 amide bonds. The predicted octanol–water partition coefficient (Wildman–Crippen LogP) is -0.106. The molecule has 1 heterocycles. The molecule has 88 valence electrons. The highest BCUT2D eigenvalue weighted by Gasteiger charge is 2.15. The van der Waals surface area contributed by atoms with E-state index in [9.17, 15) is 13.2 Å². The molecule has 0 saturated carbocycles. The van der Waals surface area contributed by atoms with Gasteiger partial charge in [-0.2, -0.15) is 0 Å². The normalized spacial score (nSPS) is 11.3. The molecule has 0 fully saturated rings. The molecule has 0 unspecified atom stereocenters. The van der Waals surface area contributed by atoms with Gasteiger partial charge >= 0.3 is 5.97 Å². The maximum absolute atomic E-state index is 11.2. The van der Waals surface area contributed by atoms with Gasteiger partial charge in [0, 0.05) is 18.9 Å². The molecule has 2 N–H and O–H groups in total. The Labute approximate surface area is 93.4 Å². The number of pyridine rings is 1. The third-order valence-electron chi connectivity index (χ3n) is 1.93. The lowest BCUT2D eigenvalue weighted by atomic mass is 10.2. The van der Waals surface area contributed by atoms with E-state index in [1.165, 1.54) is 0 Å². The fraction of sp³-hybridized carbons (Fsp3) is 0.333. The smallest absolute Gasteiger partial charge is 0.320 e. The summed E-state index contributed by atoms with van der Waals surface area (Å²) < 4.78 is 24.6. The summed E-state index contributed by atoms with van der Waals surface area (Å²) in [5.41, 5.74) is 1.62. The fourth-order valence-electron chi connectivity index (χ4n) is 1.10. The minimum atomic E-state index is -3.77. The SMILES string of the molecule is Cc1cnccc1CNS(=O)(=O)CC(=O)O. The monoisotopic (exact) mass is 244 g/mol. The van der Waals surface area contributed by atoms with Crippen molar-refractivity contribution in [3.63, 3.8) is 0 Å². The quantitative estimate of drug-likeness (QED) is 0.753. The molecule has 0 aliphatic carbocycles. The minimum absolute atomic E-state index is 0.0734. The lowest BCUT2D eigenvalue weighted by Gasteiger charge is -2.06. The maximum atomic E-state index is 11.2. The van der Waals surface area contributed by atoms with Crippen molar-refractivity contribution in [1.82, 2.24) is 9.71 Å². The number of sulfonamides is 1. The minimum Gasteiger partial charge on any atom is -0.480 e. The van der Waals surface area contributed by atoms with Crippen LogP contribution in [0.3, 0.4) is 0 Å². The van der Waals surface area contributed by atoms with Gasteiger partial charge in [0.05, 0.1) is 0 Å². The average molecular weight is 244 g/mol. The van der Waals surface area contributed by atoms with Crippen LogP contribution in [-0.4, -0.2) is 30.2 Å². The van der Waals surface area contributed by atoms with Gasteiger partial charge in [-0.25, -0.2) is 13.1 Å². The summed E-state index contributed by atoms with van der Waals surface area (Å²) in [5.74, 6) is -2.30. The van der Waals surface area contributed by atoms with Crippen molar-refractivity contribution >= 4 is 16.0 Å². The summed E-state index contributed by atoms with van der Waals surface area (Å²) in [4.78, 5) is 14.1. The number of carbonyl (C=O) groups is 1. The van der Waals surface area contributed by atoms with E-state index in [4.69, 9.17) is 5.11 Å². The van der Waals surface area contributed by atoms with E-state index >= 15 is 0 Å². The van der Waals surface area contributed by atoms with Crippen LogP contribution in [0.2, 0.25) is 0 Å². The topological polar surface area (TPSA) is 96.4 Å². The van der Waals surface area contributed by atoms with Gasteiger partial charge in [-0.3, -0.25) is 9.78 Å². The van der Waals surface area contributed by atoms with Gasteiger partial charge in [-0.05, 0) is 24.1 Å². The second kappa shape index (κ2) is 5.04. The molecule has 1 aromatic rings. The van der Waals surface area contributed by atoms with Crippen molar-refractivity contribution < 1.29 is 18.3 Å². The summed E-state index contributed by atoms with van der Waals surface area (Å²) in [7, 11) is -3.77. The molecule has 1 rings (SSSR count). The zero-order chi connectivity index (χ0) is 12.2. The Bertz CT molecular complexity index is 484. The maximum Gasteiger partial charge on any atom is 0.320 e. The summed E-state index contributed by atoms with van der Waals surface area (Å²) >= 11 is 0. The Morgan fingerprint density at radius 1 is 1.56 bits per heavy atom. The lowest BCUT2D eigenvalue weighted by Crippen LogP contribution is -2.29. The van der Waals surface area contributed by atoms with Crippen LogP contribution in [0.25, 0.3) is 0 Å². The molecular weight excluding hydrogens is 232 g/mol. The second-order valence-electron chi connectivity index (χ2n) is 3.28. The number of hydrogen-bond acceptors (Lipinski definition) is 4. The van der Waals surface area contributed by atoms with Crippen LogP contribution in [0.4, 0.5) is 0 Å². The molecular formula is C9H12N2O4S. The van der Waals surface area contributed by atoms with E-state index in [1.807, 2.05) is 0 Å². The molecule has 0 radical (unpaired) electrons. The number of hydrogen-bond donors (Lipinski definition) is 2. The highest BCUT2D eigenvalue weighted by atomic mass is 32.2. The van der Waals surface area contributed by atoms with Gasteiger partial charge in [0.25, 0.3) is 0 Å². The molecule has 0 aliphatic rings. The Balaban J connectivity index is 2.65. The van der Waals surface area contributed by atoms with Crippen LogP contribution >= 0.6 is 0 Å². The Morgan fingerprint density at radius 3 is 2.81 bits per heavy atom. The number of nitrogens with one attached hydrogen (secondary N) is 1. The van der Waals surface area contributed by atoms with Crippen molar-refractivity contribution in [2.24, 2.45) is 0 Å². The standard InChI is InChI=1S/C9H12N2O4S/c1-7-4-10-3-2-8(7)5-11-16(14,15)6-9(12)13/h2-4,11H,5-6H2,1H3,(H,12,13). The van der Waals surface area contributed by atoms with E-state index in [1.54, 1.807) is 25.4 Å². The number of nitrogens with zero attached hydrogens (tertiary/aromatic N) is 1. The first-order chi connectivity index (χ1) is 7.41. The Morgan fingerprint density at radius 2 is 2.25 bits per heavy atom. The summed E-state index contributed by atoms with van der Waals surface area (Å²) in [6, 6.07) is 1.68. The second-order valence-corrected chi connectivity index (χ2v) is 5.08. The molecule has 7 heteroatoms. The van der Waals surface area contributed by atoms with Crippen LogP contribution in [0.5, 0.6) is 0 Å². The van der Waals surface area contributed by atoms with Crippen LogP contribution in [0, 0.1) is 6.92 Å². The van der Waals surface area contributed by atoms with Crippen LogP contribution < -0.4 is 4.72 Å². The van der Waals surface area contributed by atoms with Crippen molar-refractivity contribution in [2.75, 3.05) is 5.75 Å². The van der Waals surface area contributed by atoms with E-state index in [0.29, 0.717) is 0 Å². The molecule has 0 atom stereocenters. The van der Waals surface area contributed by atoms with Crippen LogP contribution in [-0.2, 0) is 21.4 Å². The van der Waals surface area contributed by atoms with E-state index < -0.39 is 21.7 Å².